The molecule has 0 radical (unpaired) electrons. The third-order valence-electron chi connectivity index (χ3n) is 1.30. The van der Waals surface area contributed by atoms with E-state index in [9.17, 15) is 4.79 Å². The van der Waals surface area contributed by atoms with Gasteiger partial charge in [0, 0.05) is 0 Å². The molecule has 0 atom stereocenters. The van der Waals surface area contributed by atoms with E-state index in [0.717, 1.165) is 5.56 Å². The van der Waals surface area contributed by atoms with E-state index in [0.29, 0.717) is 5.56 Å². The van der Waals surface area contributed by atoms with E-state index in [2.05, 4.69) is 0 Å². The van der Waals surface area contributed by atoms with Crippen molar-refractivity contribution in [2.45, 2.75) is 34.6 Å². The number of aromatic carboxylic acids is 1. The highest BCUT2D eigenvalue weighted by molar-refractivity contribution is 5.87. The molecule has 0 fully saturated rings. The summed E-state index contributed by atoms with van der Waals surface area (Å²) in [7, 11) is 0. The lowest BCUT2D eigenvalue weighted by atomic mass is 10.2. The van der Waals surface area contributed by atoms with Gasteiger partial charge in [-0.2, -0.15) is 0 Å². The first-order valence-corrected chi connectivity index (χ1v) is 5.00. The Bertz CT molecular complexity index is 237. The Labute approximate surface area is 86.6 Å². The molecule has 0 saturated heterocycles. The van der Waals surface area contributed by atoms with Crippen LogP contribution in [0.25, 0.3) is 0 Å². The van der Waals surface area contributed by atoms with Crippen molar-refractivity contribution < 1.29 is 9.90 Å². The maximum atomic E-state index is 10.3. The Hall–Kier alpha value is -1.31. The van der Waals surface area contributed by atoms with Gasteiger partial charge in [0.25, 0.3) is 0 Å². The largest absolute Gasteiger partial charge is 0.478 e. The molecule has 1 aromatic carbocycles. The summed E-state index contributed by atoms with van der Waals surface area (Å²) in [6, 6.07) is 6.75. The summed E-state index contributed by atoms with van der Waals surface area (Å²) in [5.74, 6) is -0.875. The van der Waals surface area contributed by atoms with Crippen molar-refractivity contribution in [2.75, 3.05) is 0 Å². The second kappa shape index (κ2) is 9.78. The second-order valence-corrected chi connectivity index (χ2v) is 2.17. The highest BCUT2D eigenvalue weighted by Crippen LogP contribution is 2.01. The summed E-state index contributed by atoms with van der Waals surface area (Å²) in [5.41, 5.74) is 1.41. The van der Waals surface area contributed by atoms with Crippen molar-refractivity contribution in [1.82, 2.24) is 0 Å². The Morgan fingerprint density at radius 1 is 1.00 bits per heavy atom. The van der Waals surface area contributed by atoms with Crippen LogP contribution >= 0.6 is 0 Å². The van der Waals surface area contributed by atoms with Crippen molar-refractivity contribution in [3.8, 4) is 0 Å². The Balaban J connectivity index is 0. The zero-order valence-electron chi connectivity index (χ0n) is 9.66. The van der Waals surface area contributed by atoms with Crippen LogP contribution in [0.3, 0.4) is 0 Å². The summed E-state index contributed by atoms with van der Waals surface area (Å²) in [5, 5.41) is 8.48. The molecule has 1 aromatic rings. The number of benzene rings is 1. The lowest BCUT2D eigenvalue weighted by Crippen LogP contribution is -1.94. The number of hydrogen-bond acceptors (Lipinski definition) is 1. The van der Waals surface area contributed by atoms with E-state index in [1.165, 1.54) is 0 Å². The first-order chi connectivity index (χ1) is 6.70. The lowest BCUT2D eigenvalue weighted by molar-refractivity contribution is 0.0697. The number of carboxylic acids is 1. The maximum Gasteiger partial charge on any atom is 0.335 e. The van der Waals surface area contributed by atoms with Gasteiger partial charge in [-0.05, 0) is 19.1 Å². The predicted octanol–water partition coefficient (Wildman–Crippen LogP) is 3.75. The van der Waals surface area contributed by atoms with Gasteiger partial charge in [-0.1, -0.05) is 45.4 Å². The number of aryl methyl sites for hydroxylation is 1. The minimum atomic E-state index is -0.875. The van der Waals surface area contributed by atoms with Gasteiger partial charge in [-0.15, -0.1) is 0 Å². The molecule has 1 rings (SSSR count). The third-order valence-corrected chi connectivity index (χ3v) is 1.30. The summed E-state index contributed by atoms with van der Waals surface area (Å²) in [6.07, 6.45) is 0. The van der Waals surface area contributed by atoms with Crippen LogP contribution in [0.4, 0.5) is 0 Å². The number of rotatable bonds is 1. The maximum absolute atomic E-state index is 10.3. The van der Waals surface area contributed by atoms with Crippen molar-refractivity contribution in [3.63, 3.8) is 0 Å². The fourth-order valence-electron chi connectivity index (χ4n) is 0.696. The van der Waals surface area contributed by atoms with E-state index >= 15 is 0 Å². The summed E-state index contributed by atoms with van der Waals surface area (Å²) < 4.78 is 0. The van der Waals surface area contributed by atoms with Crippen LogP contribution in [0.5, 0.6) is 0 Å². The molecule has 0 heterocycles. The van der Waals surface area contributed by atoms with E-state index in [4.69, 9.17) is 5.11 Å². The smallest absolute Gasteiger partial charge is 0.335 e. The SMILES string of the molecule is CC.CC.Cc1ccc(C(=O)O)cc1. The lowest BCUT2D eigenvalue weighted by Gasteiger charge is -1.92. The van der Waals surface area contributed by atoms with Crippen LogP contribution in [0.15, 0.2) is 24.3 Å². The van der Waals surface area contributed by atoms with E-state index < -0.39 is 5.97 Å². The van der Waals surface area contributed by atoms with E-state index in [1.807, 2.05) is 34.6 Å². The molecular formula is C12H20O2. The highest BCUT2D eigenvalue weighted by Gasteiger charge is 1.98. The van der Waals surface area contributed by atoms with Gasteiger partial charge in [0.1, 0.15) is 0 Å². The van der Waals surface area contributed by atoms with Crippen LogP contribution in [0.1, 0.15) is 43.6 Å². The molecule has 0 saturated carbocycles. The Kier molecular flexibility index (Phi) is 10.6. The molecule has 2 heteroatoms. The molecular weight excluding hydrogens is 176 g/mol. The van der Waals surface area contributed by atoms with Gasteiger partial charge in [-0.25, -0.2) is 4.79 Å². The van der Waals surface area contributed by atoms with E-state index in [1.54, 1.807) is 24.3 Å². The summed E-state index contributed by atoms with van der Waals surface area (Å²) in [4.78, 5) is 10.3. The van der Waals surface area contributed by atoms with Gasteiger partial charge in [0.2, 0.25) is 0 Å². The molecule has 0 unspecified atom stereocenters. The first-order valence-electron chi connectivity index (χ1n) is 5.00. The molecule has 0 aliphatic heterocycles. The van der Waals surface area contributed by atoms with Crippen molar-refractivity contribution in [1.29, 1.82) is 0 Å². The summed E-state index contributed by atoms with van der Waals surface area (Å²) >= 11 is 0. The predicted molar refractivity (Wildman–Crippen MR) is 60.8 cm³/mol. The van der Waals surface area contributed by atoms with Crippen LogP contribution in [0.2, 0.25) is 0 Å². The van der Waals surface area contributed by atoms with Crippen LogP contribution in [-0.2, 0) is 0 Å². The molecule has 80 valence electrons. The van der Waals surface area contributed by atoms with Crippen molar-refractivity contribution in [2.24, 2.45) is 0 Å². The average Bonchev–Trinajstić information content (AvgIpc) is 2.24. The molecule has 0 aliphatic rings. The van der Waals surface area contributed by atoms with Gasteiger partial charge in [-0.3, -0.25) is 0 Å². The first kappa shape index (κ1) is 15.2. The van der Waals surface area contributed by atoms with Crippen molar-refractivity contribution in [3.05, 3.63) is 35.4 Å². The fraction of sp³-hybridized carbons (Fsp3) is 0.417. The molecule has 0 aromatic heterocycles. The third kappa shape index (κ3) is 6.23. The number of carboxylic acid groups (broad SMARTS) is 1. The van der Waals surface area contributed by atoms with Gasteiger partial charge >= 0.3 is 5.97 Å². The van der Waals surface area contributed by atoms with Gasteiger partial charge < -0.3 is 5.11 Å². The minimum absolute atomic E-state index is 0.339. The highest BCUT2D eigenvalue weighted by atomic mass is 16.4. The standard InChI is InChI=1S/C8H8O2.2C2H6/c1-6-2-4-7(5-3-6)8(9)10;2*1-2/h2-5H,1H3,(H,9,10);2*1-2H3. The molecule has 0 bridgehead atoms. The molecule has 14 heavy (non-hydrogen) atoms. The normalized spacial score (nSPS) is 7.50. The second-order valence-electron chi connectivity index (χ2n) is 2.17. The fourth-order valence-corrected chi connectivity index (χ4v) is 0.696. The Morgan fingerprint density at radius 3 is 1.64 bits per heavy atom. The Morgan fingerprint density at radius 2 is 1.36 bits per heavy atom. The zero-order chi connectivity index (χ0) is 11.6. The van der Waals surface area contributed by atoms with E-state index in [-0.39, 0.29) is 0 Å². The quantitative estimate of drug-likeness (QED) is 0.742. The molecule has 1 N–H and O–H groups in total. The summed E-state index contributed by atoms with van der Waals surface area (Å²) in [6.45, 7) is 9.92. The topological polar surface area (TPSA) is 37.3 Å². The zero-order valence-corrected chi connectivity index (χ0v) is 9.66. The van der Waals surface area contributed by atoms with Gasteiger partial charge in [0.05, 0.1) is 5.56 Å². The van der Waals surface area contributed by atoms with Crippen LogP contribution < -0.4 is 0 Å². The number of hydrogen-bond donors (Lipinski definition) is 1. The molecule has 0 amide bonds. The van der Waals surface area contributed by atoms with Crippen LogP contribution in [0, 0.1) is 6.92 Å². The molecule has 0 aliphatic carbocycles. The van der Waals surface area contributed by atoms with Crippen molar-refractivity contribution >= 4 is 5.97 Å². The minimum Gasteiger partial charge on any atom is -0.478 e. The average molecular weight is 196 g/mol. The van der Waals surface area contributed by atoms with Gasteiger partial charge in [0.15, 0.2) is 0 Å². The number of carbonyl (C=O) groups is 1. The van der Waals surface area contributed by atoms with Crippen LogP contribution in [-0.4, -0.2) is 11.1 Å². The molecule has 0 spiro atoms. The molecule has 2 nitrogen and oxygen atoms in total. The monoisotopic (exact) mass is 196 g/mol.